The Morgan fingerprint density at radius 3 is 2.35 bits per heavy atom. The zero-order chi connectivity index (χ0) is 26.5. The molecule has 1 heterocycles. The van der Waals surface area contributed by atoms with Crippen molar-refractivity contribution < 1.29 is 23.8 Å². The fourth-order valence-corrected chi connectivity index (χ4v) is 4.68. The highest BCUT2D eigenvalue weighted by Crippen LogP contribution is 2.33. The molecule has 1 aliphatic heterocycles. The minimum Gasteiger partial charge on any atom is -0.497 e. The predicted octanol–water partition coefficient (Wildman–Crippen LogP) is 4.90. The van der Waals surface area contributed by atoms with Gasteiger partial charge in [-0.3, -0.25) is 14.5 Å². The van der Waals surface area contributed by atoms with Gasteiger partial charge < -0.3 is 24.4 Å². The molecule has 8 nitrogen and oxygen atoms in total. The van der Waals surface area contributed by atoms with E-state index in [4.69, 9.17) is 38.0 Å². The summed E-state index contributed by atoms with van der Waals surface area (Å²) in [5.74, 6) is 1.18. The van der Waals surface area contributed by atoms with Gasteiger partial charge in [-0.25, -0.2) is 0 Å². The van der Waals surface area contributed by atoms with Gasteiger partial charge in [0.2, 0.25) is 5.91 Å². The SMILES string of the molecule is COc1ccc(NC(=O)CC2C(=O)N(c3cccc(Cl)c3)C(=S)N2Cc2ccc(OC)c(OC)c2)cc1. The standard InChI is InChI=1S/C27H26ClN3O5S/c1-34-21-10-8-19(9-11-21)29-25(32)15-22-26(33)31(20-6-4-5-18(28)14-20)27(37)30(22)16-17-7-12-23(35-2)24(13-17)36-3/h4-14,22H,15-16H2,1-3H3,(H,29,32). The first kappa shape index (κ1) is 26.2. The number of halogens is 1. The maximum atomic E-state index is 13.6. The second kappa shape index (κ2) is 11.5. The Balaban J connectivity index is 1.61. The number of benzene rings is 3. The number of nitrogens with one attached hydrogen (secondary N) is 1. The van der Waals surface area contributed by atoms with E-state index < -0.39 is 6.04 Å². The molecular formula is C27H26ClN3O5S. The average Bonchev–Trinajstić information content (AvgIpc) is 3.12. The molecule has 0 aromatic heterocycles. The number of ether oxygens (including phenoxy) is 3. The number of thiocarbonyl (C=S) groups is 1. The van der Waals surface area contributed by atoms with Gasteiger partial charge in [0.05, 0.1) is 33.4 Å². The molecule has 1 saturated heterocycles. The monoisotopic (exact) mass is 539 g/mol. The molecule has 1 fully saturated rings. The Hall–Kier alpha value is -3.82. The van der Waals surface area contributed by atoms with E-state index in [0.29, 0.717) is 33.6 Å². The minimum atomic E-state index is -0.821. The number of methoxy groups -OCH3 is 3. The molecule has 3 aromatic carbocycles. The Labute approximate surface area is 225 Å². The Bertz CT molecular complexity index is 1320. The van der Waals surface area contributed by atoms with Gasteiger partial charge in [0.1, 0.15) is 11.8 Å². The Morgan fingerprint density at radius 2 is 1.70 bits per heavy atom. The Kier molecular flexibility index (Phi) is 8.15. The van der Waals surface area contributed by atoms with E-state index in [-0.39, 0.29) is 29.9 Å². The highest BCUT2D eigenvalue weighted by atomic mass is 35.5. The van der Waals surface area contributed by atoms with Crippen molar-refractivity contribution in [2.75, 3.05) is 31.5 Å². The first-order valence-electron chi connectivity index (χ1n) is 11.4. The molecule has 1 N–H and O–H groups in total. The van der Waals surface area contributed by atoms with Crippen LogP contribution in [0, 0.1) is 0 Å². The fraction of sp³-hybridized carbons (Fsp3) is 0.222. The summed E-state index contributed by atoms with van der Waals surface area (Å²) in [6, 6.07) is 18.5. The van der Waals surface area contributed by atoms with E-state index >= 15 is 0 Å². The van der Waals surface area contributed by atoms with E-state index in [1.165, 1.54) is 4.90 Å². The second-order valence-electron chi connectivity index (χ2n) is 8.25. The lowest BCUT2D eigenvalue weighted by atomic mass is 10.1. The second-order valence-corrected chi connectivity index (χ2v) is 9.05. The summed E-state index contributed by atoms with van der Waals surface area (Å²) in [5.41, 5.74) is 1.97. The summed E-state index contributed by atoms with van der Waals surface area (Å²) >= 11 is 11.9. The largest absolute Gasteiger partial charge is 0.497 e. The lowest BCUT2D eigenvalue weighted by molar-refractivity contribution is -0.124. The molecule has 1 unspecified atom stereocenters. The number of anilines is 2. The molecular weight excluding hydrogens is 514 g/mol. The van der Waals surface area contributed by atoms with Crippen molar-refractivity contribution in [1.29, 1.82) is 0 Å². The highest BCUT2D eigenvalue weighted by molar-refractivity contribution is 7.80. The number of rotatable bonds is 9. The summed E-state index contributed by atoms with van der Waals surface area (Å²) < 4.78 is 15.9. The highest BCUT2D eigenvalue weighted by Gasteiger charge is 2.44. The van der Waals surface area contributed by atoms with Crippen LogP contribution in [0.2, 0.25) is 5.02 Å². The van der Waals surface area contributed by atoms with Crippen molar-refractivity contribution in [2.24, 2.45) is 0 Å². The smallest absolute Gasteiger partial charge is 0.256 e. The van der Waals surface area contributed by atoms with Crippen molar-refractivity contribution in [3.05, 3.63) is 77.3 Å². The quantitative estimate of drug-likeness (QED) is 0.387. The zero-order valence-electron chi connectivity index (χ0n) is 20.6. The maximum absolute atomic E-state index is 13.6. The summed E-state index contributed by atoms with van der Waals surface area (Å²) in [6.45, 7) is 0.280. The van der Waals surface area contributed by atoms with Crippen molar-refractivity contribution in [3.63, 3.8) is 0 Å². The molecule has 0 saturated carbocycles. The summed E-state index contributed by atoms with van der Waals surface area (Å²) in [7, 11) is 4.69. The first-order chi connectivity index (χ1) is 17.8. The van der Waals surface area contributed by atoms with Crippen LogP contribution in [0.1, 0.15) is 12.0 Å². The zero-order valence-corrected chi connectivity index (χ0v) is 22.1. The molecule has 1 atom stereocenters. The van der Waals surface area contributed by atoms with Crippen LogP contribution in [0.3, 0.4) is 0 Å². The van der Waals surface area contributed by atoms with Gasteiger partial charge in [0.15, 0.2) is 16.6 Å². The van der Waals surface area contributed by atoms with Gasteiger partial charge in [-0.2, -0.15) is 0 Å². The predicted molar refractivity (Wildman–Crippen MR) is 147 cm³/mol. The van der Waals surface area contributed by atoms with Crippen LogP contribution in [0.15, 0.2) is 66.7 Å². The van der Waals surface area contributed by atoms with Crippen LogP contribution in [0.5, 0.6) is 17.2 Å². The van der Waals surface area contributed by atoms with Gasteiger partial charge in [-0.05, 0) is 72.4 Å². The van der Waals surface area contributed by atoms with E-state index in [2.05, 4.69) is 5.32 Å². The normalized spacial score (nSPS) is 15.1. The van der Waals surface area contributed by atoms with Crippen LogP contribution < -0.4 is 24.4 Å². The van der Waals surface area contributed by atoms with E-state index in [1.54, 1.807) is 80.8 Å². The number of hydrogen-bond donors (Lipinski definition) is 1. The molecule has 2 amide bonds. The number of carbonyl (C=O) groups is 2. The van der Waals surface area contributed by atoms with Crippen molar-refractivity contribution >= 4 is 52.1 Å². The summed E-state index contributed by atoms with van der Waals surface area (Å²) in [6.07, 6.45) is -0.102. The molecule has 10 heteroatoms. The number of hydrogen-bond acceptors (Lipinski definition) is 6. The topological polar surface area (TPSA) is 80.3 Å². The maximum Gasteiger partial charge on any atom is 0.256 e. The van der Waals surface area contributed by atoms with Crippen LogP contribution in [0.4, 0.5) is 11.4 Å². The van der Waals surface area contributed by atoms with Gasteiger partial charge >= 0.3 is 0 Å². The first-order valence-corrected chi connectivity index (χ1v) is 12.2. The van der Waals surface area contributed by atoms with E-state index in [1.807, 2.05) is 12.1 Å². The van der Waals surface area contributed by atoms with Crippen molar-refractivity contribution in [3.8, 4) is 17.2 Å². The third-order valence-corrected chi connectivity index (χ3v) is 6.59. The van der Waals surface area contributed by atoms with Gasteiger partial charge in [0.25, 0.3) is 5.91 Å². The van der Waals surface area contributed by atoms with Gasteiger partial charge in [0, 0.05) is 17.3 Å². The molecule has 0 bridgehead atoms. The minimum absolute atomic E-state index is 0.102. The molecule has 37 heavy (non-hydrogen) atoms. The van der Waals surface area contributed by atoms with Gasteiger partial charge in [-0.1, -0.05) is 23.7 Å². The van der Waals surface area contributed by atoms with Crippen LogP contribution in [-0.4, -0.2) is 49.2 Å². The summed E-state index contributed by atoms with van der Waals surface area (Å²) in [5, 5.41) is 3.60. The Morgan fingerprint density at radius 1 is 0.973 bits per heavy atom. The third kappa shape index (κ3) is 5.79. The molecule has 1 aliphatic rings. The number of amides is 2. The van der Waals surface area contributed by atoms with Crippen LogP contribution in [0.25, 0.3) is 0 Å². The van der Waals surface area contributed by atoms with Crippen LogP contribution >= 0.6 is 23.8 Å². The number of nitrogens with zero attached hydrogens (tertiary/aromatic N) is 2. The fourth-order valence-electron chi connectivity index (χ4n) is 4.10. The van der Waals surface area contributed by atoms with E-state index in [9.17, 15) is 9.59 Å². The lowest BCUT2D eigenvalue weighted by Crippen LogP contribution is -2.37. The molecule has 3 aromatic rings. The third-order valence-electron chi connectivity index (χ3n) is 5.94. The van der Waals surface area contributed by atoms with E-state index in [0.717, 1.165) is 5.56 Å². The van der Waals surface area contributed by atoms with Gasteiger partial charge in [-0.15, -0.1) is 0 Å². The molecule has 4 rings (SSSR count). The summed E-state index contributed by atoms with van der Waals surface area (Å²) in [4.78, 5) is 29.8. The van der Waals surface area contributed by atoms with Crippen LogP contribution in [-0.2, 0) is 16.1 Å². The molecule has 0 spiro atoms. The number of carbonyl (C=O) groups excluding carboxylic acids is 2. The lowest BCUT2D eigenvalue weighted by Gasteiger charge is -2.24. The van der Waals surface area contributed by atoms with Crippen molar-refractivity contribution in [2.45, 2.75) is 19.0 Å². The average molecular weight is 540 g/mol. The molecule has 0 radical (unpaired) electrons. The molecule has 0 aliphatic carbocycles. The molecule has 192 valence electrons. The van der Waals surface area contributed by atoms with Crippen molar-refractivity contribution in [1.82, 2.24) is 4.90 Å².